The predicted molar refractivity (Wildman–Crippen MR) is 96.2 cm³/mol. The summed E-state index contributed by atoms with van der Waals surface area (Å²) in [6.07, 6.45) is 2.30. The number of nitrogens with one attached hydrogen (secondary N) is 2. The Bertz CT molecular complexity index is 674. The van der Waals surface area contributed by atoms with E-state index in [1.54, 1.807) is 0 Å². The number of alkyl halides is 2. The van der Waals surface area contributed by atoms with Gasteiger partial charge in [-0.05, 0) is 38.3 Å². The number of likely N-dealkylation sites (tertiary alicyclic amines) is 1. The van der Waals surface area contributed by atoms with Crippen LogP contribution in [0.25, 0.3) is 0 Å². The van der Waals surface area contributed by atoms with Crippen LogP contribution in [0.5, 0.6) is 5.75 Å². The lowest BCUT2D eigenvalue weighted by atomic mass is 9.99. The summed E-state index contributed by atoms with van der Waals surface area (Å²) in [6, 6.07) is 2.50. The number of ether oxygens (including phenoxy) is 1. The van der Waals surface area contributed by atoms with Crippen LogP contribution in [0, 0.1) is 16.0 Å². The number of nitro groups is 1. The number of hydrogen-bond acceptors (Lipinski definition) is 5. The highest BCUT2D eigenvalue weighted by atomic mass is 19.3. The number of piperidine rings is 1. The van der Waals surface area contributed by atoms with Crippen molar-refractivity contribution >= 4 is 17.4 Å². The number of non-ortho nitro benzene ring substituents is 1. The van der Waals surface area contributed by atoms with Crippen LogP contribution < -0.4 is 15.4 Å². The minimum atomic E-state index is -3.11. The highest BCUT2D eigenvalue weighted by Crippen LogP contribution is 2.30. The monoisotopic (exact) mass is 386 g/mol. The van der Waals surface area contributed by atoms with Crippen molar-refractivity contribution in [1.29, 1.82) is 0 Å². The van der Waals surface area contributed by atoms with Gasteiger partial charge in [0.15, 0.2) is 0 Å². The van der Waals surface area contributed by atoms with Gasteiger partial charge in [0.2, 0.25) is 0 Å². The second-order valence-corrected chi connectivity index (χ2v) is 6.74. The van der Waals surface area contributed by atoms with Crippen molar-refractivity contribution in [3.05, 3.63) is 28.3 Å². The summed E-state index contributed by atoms with van der Waals surface area (Å²) >= 11 is 0. The van der Waals surface area contributed by atoms with Gasteiger partial charge in [-0.15, -0.1) is 0 Å². The number of nitrogens with zero attached hydrogens (tertiary/aromatic N) is 2. The number of nitro benzene ring substituents is 1. The van der Waals surface area contributed by atoms with Crippen LogP contribution >= 0.6 is 0 Å². The molecule has 1 aromatic rings. The summed E-state index contributed by atoms with van der Waals surface area (Å²) in [5, 5.41) is 15.9. The lowest BCUT2D eigenvalue weighted by Gasteiger charge is -2.35. The van der Waals surface area contributed by atoms with Crippen LogP contribution in [0.3, 0.4) is 0 Å². The predicted octanol–water partition coefficient (Wildman–Crippen LogP) is 3.44. The zero-order valence-electron chi connectivity index (χ0n) is 15.3. The van der Waals surface area contributed by atoms with Gasteiger partial charge in [0.1, 0.15) is 5.75 Å². The molecular formula is C17H24F2N4O4. The summed E-state index contributed by atoms with van der Waals surface area (Å²) in [6.45, 7) is 3.35. The fraction of sp³-hybridized carbons (Fsp3) is 0.588. The Kier molecular flexibility index (Phi) is 7.28. The molecule has 1 heterocycles. The van der Waals surface area contributed by atoms with Crippen molar-refractivity contribution in [2.75, 3.05) is 25.0 Å². The molecule has 0 aromatic heterocycles. The normalized spacial score (nSPS) is 18.8. The lowest BCUT2D eigenvalue weighted by molar-refractivity contribution is -0.384. The van der Waals surface area contributed by atoms with Gasteiger partial charge < -0.3 is 15.4 Å². The molecule has 1 aliphatic rings. The number of halogens is 2. The summed E-state index contributed by atoms with van der Waals surface area (Å²) < 4.78 is 29.3. The van der Waals surface area contributed by atoms with Crippen LogP contribution in [0.4, 0.5) is 25.0 Å². The molecule has 2 N–H and O–H groups in total. The van der Waals surface area contributed by atoms with Crippen molar-refractivity contribution in [1.82, 2.24) is 10.2 Å². The third kappa shape index (κ3) is 6.31. The third-order valence-corrected chi connectivity index (χ3v) is 4.51. The highest BCUT2D eigenvalue weighted by Gasteiger charge is 2.22. The topological polar surface area (TPSA) is 96.7 Å². The summed E-state index contributed by atoms with van der Waals surface area (Å²) in [5.74, 6) is 0.262. The molecule has 0 saturated carbocycles. The number of benzene rings is 1. The van der Waals surface area contributed by atoms with E-state index in [1.807, 2.05) is 6.92 Å². The average molecular weight is 386 g/mol. The fourth-order valence-corrected chi connectivity index (χ4v) is 3.09. The maximum absolute atomic E-state index is 12.5. The summed E-state index contributed by atoms with van der Waals surface area (Å²) in [4.78, 5) is 24.6. The molecule has 1 aromatic carbocycles. The van der Waals surface area contributed by atoms with Crippen molar-refractivity contribution in [2.45, 2.75) is 39.3 Å². The van der Waals surface area contributed by atoms with E-state index in [1.165, 1.54) is 6.42 Å². The molecule has 8 nitrogen and oxygen atoms in total. The van der Waals surface area contributed by atoms with Gasteiger partial charge in [-0.2, -0.15) is 8.78 Å². The molecule has 0 aliphatic carbocycles. The van der Waals surface area contributed by atoms with E-state index in [4.69, 9.17) is 0 Å². The SMILES string of the molecule is CC1CCCN(C(C)CNC(=O)Nc2cc([N+](=O)[O-])ccc2OC(F)F)C1. The van der Waals surface area contributed by atoms with Gasteiger partial charge in [-0.3, -0.25) is 15.0 Å². The van der Waals surface area contributed by atoms with Gasteiger partial charge in [0.05, 0.1) is 10.6 Å². The van der Waals surface area contributed by atoms with E-state index in [-0.39, 0.29) is 23.2 Å². The first kappa shape index (κ1) is 20.8. The molecule has 27 heavy (non-hydrogen) atoms. The first-order chi connectivity index (χ1) is 12.8. The number of carbonyl (C=O) groups is 1. The zero-order chi connectivity index (χ0) is 20.0. The van der Waals surface area contributed by atoms with E-state index in [9.17, 15) is 23.7 Å². The molecule has 10 heteroatoms. The molecular weight excluding hydrogens is 362 g/mol. The maximum atomic E-state index is 12.5. The number of urea groups is 1. The molecule has 2 unspecified atom stereocenters. The van der Waals surface area contributed by atoms with E-state index in [2.05, 4.69) is 27.2 Å². The van der Waals surface area contributed by atoms with E-state index >= 15 is 0 Å². The number of hydrogen-bond donors (Lipinski definition) is 2. The van der Waals surface area contributed by atoms with Gasteiger partial charge in [0.25, 0.3) is 5.69 Å². The molecule has 150 valence electrons. The smallest absolute Gasteiger partial charge is 0.387 e. The largest absolute Gasteiger partial charge is 0.433 e. The number of amides is 2. The van der Waals surface area contributed by atoms with Crippen LogP contribution in [0.2, 0.25) is 0 Å². The summed E-state index contributed by atoms with van der Waals surface area (Å²) in [5.41, 5.74) is -0.538. The Morgan fingerprint density at radius 2 is 2.22 bits per heavy atom. The van der Waals surface area contributed by atoms with Crippen molar-refractivity contribution in [2.24, 2.45) is 5.92 Å². The fourth-order valence-electron chi connectivity index (χ4n) is 3.09. The zero-order valence-corrected chi connectivity index (χ0v) is 15.3. The van der Waals surface area contributed by atoms with Crippen LogP contribution in [0.15, 0.2) is 18.2 Å². The maximum Gasteiger partial charge on any atom is 0.387 e. The number of rotatable bonds is 7. The molecule has 2 atom stereocenters. The Hall–Kier alpha value is -2.49. The van der Waals surface area contributed by atoms with Crippen molar-refractivity contribution in [3.8, 4) is 5.75 Å². The minimum absolute atomic E-state index is 0.111. The number of anilines is 1. The molecule has 2 rings (SSSR count). The Morgan fingerprint density at radius 3 is 2.85 bits per heavy atom. The molecule has 0 bridgehead atoms. The highest BCUT2D eigenvalue weighted by molar-refractivity contribution is 5.91. The first-order valence-corrected chi connectivity index (χ1v) is 8.78. The Morgan fingerprint density at radius 1 is 1.48 bits per heavy atom. The van der Waals surface area contributed by atoms with Gasteiger partial charge in [-0.1, -0.05) is 6.92 Å². The molecule has 0 spiro atoms. The third-order valence-electron chi connectivity index (χ3n) is 4.51. The first-order valence-electron chi connectivity index (χ1n) is 8.78. The number of carbonyl (C=O) groups excluding carboxylic acids is 1. The lowest BCUT2D eigenvalue weighted by Crippen LogP contribution is -2.47. The second kappa shape index (κ2) is 9.45. The molecule has 1 saturated heterocycles. The Balaban J connectivity index is 1.97. The van der Waals surface area contributed by atoms with Crippen LogP contribution in [-0.2, 0) is 0 Å². The van der Waals surface area contributed by atoms with Crippen molar-refractivity contribution < 1.29 is 23.2 Å². The van der Waals surface area contributed by atoms with Gasteiger partial charge in [-0.25, -0.2) is 4.79 Å². The van der Waals surface area contributed by atoms with Crippen molar-refractivity contribution in [3.63, 3.8) is 0 Å². The van der Waals surface area contributed by atoms with Crippen LogP contribution in [-0.4, -0.2) is 48.1 Å². The van der Waals surface area contributed by atoms with Gasteiger partial charge in [0, 0.05) is 31.3 Å². The van der Waals surface area contributed by atoms with Crippen LogP contribution in [0.1, 0.15) is 26.7 Å². The molecule has 1 fully saturated rings. The van der Waals surface area contributed by atoms with Gasteiger partial charge >= 0.3 is 12.6 Å². The Labute approximate surface area is 156 Å². The molecule has 0 radical (unpaired) electrons. The van der Waals surface area contributed by atoms with E-state index in [0.717, 1.165) is 37.7 Å². The molecule has 1 aliphatic heterocycles. The van der Waals surface area contributed by atoms with E-state index in [0.29, 0.717) is 12.5 Å². The average Bonchev–Trinajstić information content (AvgIpc) is 2.60. The quantitative estimate of drug-likeness (QED) is 0.553. The second-order valence-electron chi connectivity index (χ2n) is 6.74. The van der Waals surface area contributed by atoms with E-state index < -0.39 is 17.6 Å². The molecule has 2 amide bonds. The standard InChI is InChI=1S/C17H24F2N4O4/c1-11-4-3-7-22(10-11)12(2)9-20-17(24)21-14-8-13(23(25)26)5-6-15(14)27-16(18)19/h5-6,8,11-12,16H,3-4,7,9-10H2,1-2H3,(H2,20,21,24). The minimum Gasteiger partial charge on any atom is -0.433 e. The summed E-state index contributed by atoms with van der Waals surface area (Å²) in [7, 11) is 0.